The van der Waals surface area contributed by atoms with Gasteiger partial charge in [-0.15, -0.1) is 6.42 Å². The van der Waals surface area contributed by atoms with Gasteiger partial charge in [-0.1, -0.05) is 12.8 Å². The van der Waals surface area contributed by atoms with E-state index in [1.54, 1.807) is 22.6 Å². The van der Waals surface area contributed by atoms with E-state index in [0.29, 0.717) is 54.2 Å². The van der Waals surface area contributed by atoms with E-state index in [1.165, 1.54) is 18.2 Å². The van der Waals surface area contributed by atoms with Crippen molar-refractivity contribution in [3.63, 3.8) is 0 Å². The lowest BCUT2D eigenvalue weighted by molar-refractivity contribution is -0.0527. The smallest absolute Gasteiger partial charge is 0.388 e. The number of amides is 1. The molecule has 0 atom stereocenters. The molecule has 5 rings (SSSR count). The summed E-state index contributed by atoms with van der Waals surface area (Å²) >= 11 is 0. The number of hydrogen-bond acceptors (Lipinski definition) is 5. The number of halogens is 3. The molecule has 0 unspecified atom stereocenters. The molecule has 1 aromatic carbocycles. The molecule has 0 N–H and O–H groups in total. The number of imidazole rings is 1. The van der Waals surface area contributed by atoms with Gasteiger partial charge in [0.2, 0.25) is 5.88 Å². The summed E-state index contributed by atoms with van der Waals surface area (Å²) in [6.45, 7) is 1.26. The Hall–Kier alpha value is -3.74. The first-order valence-corrected chi connectivity index (χ1v) is 12.8. The van der Waals surface area contributed by atoms with Gasteiger partial charge >= 0.3 is 6.61 Å². The van der Waals surface area contributed by atoms with Crippen LogP contribution in [0.4, 0.5) is 19.0 Å². The number of nitrogens with zero attached hydrogens (tertiary/aromatic N) is 5. The van der Waals surface area contributed by atoms with E-state index in [4.69, 9.17) is 6.42 Å². The number of aromatic nitrogens is 3. The third-order valence-corrected chi connectivity index (χ3v) is 7.36. The second-order valence-corrected chi connectivity index (χ2v) is 10.3. The SMILES string of the molecule is C#Cc1ccc(OC(F)F)nc1N(Cc1nc2cc(C(=O)N3CCC(C)CC3)cc(F)c2n1C)CC1CC1. The van der Waals surface area contributed by atoms with E-state index in [1.807, 2.05) is 4.90 Å². The van der Waals surface area contributed by atoms with Gasteiger partial charge in [0.15, 0.2) is 0 Å². The monoisotopic (exact) mass is 525 g/mol. The molecule has 3 heterocycles. The molecule has 7 nitrogen and oxygen atoms in total. The molecule has 0 radical (unpaired) electrons. The van der Waals surface area contributed by atoms with Gasteiger partial charge < -0.3 is 19.1 Å². The van der Waals surface area contributed by atoms with Crippen LogP contribution in [0.1, 0.15) is 54.4 Å². The fourth-order valence-electron chi connectivity index (χ4n) is 4.95. The van der Waals surface area contributed by atoms with E-state index in [-0.39, 0.29) is 29.4 Å². The lowest BCUT2D eigenvalue weighted by atomic mass is 9.98. The molecule has 2 fully saturated rings. The van der Waals surface area contributed by atoms with Crippen LogP contribution >= 0.6 is 0 Å². The van der Waals surface area contributed by atoms with E-state index in [9.17, 15) is 13.6 Å². The average molecular weight is 526 g/mol. The number of carbonyl (C=O) groups is 1. The molecule has 0 spiro atoms. The van der Waals surface area contributed by atoms with Crippen molar-refractivity contribution in [3.8, 4) is 18.2 Å². The minimum atomic E-state index is -3.02. The second-order valence-electron chi connectivity index (χ2n) is 10.3. The molecule has 1 saturated heterocycles. The lowest BCUT2D eigenvalue weighted by Crippen LogP contribution is -2.37. The minimum Gasteiger partial charge on any atom is -0.417 e. The van der Waals surface area contributed by atoms with Gasteiger partial charge in [0, 0.05) is 38.3 Å². The van der Waals surface area contributed by atoms with E-state index in [0.717, 1.165) is 25.7 Å². The number of aryl methyl sites for hydroxylation is 1. The maximum Gasteiger partial charge on any atom is 0.388 e. The summed E-state index contributed by atoms with van der Waals surface area (Å²) in [5.74, 6) is 3.45. The predicted molar refractivity (Wildman–Crippen MR) is 138 cm³/mol. The molecular weight excluding hydrogens is 495 g/mol. The van der Waals surface area contributed by atoms with Crippen LogP contribution in [0, 0.1) is 30.0 Å². The van der Waals surface area contributed by atoms with Crippen molar-refractivity contribution in [1.29, 1.82) is 0 Å². The molecule has 0 bridgehead atoms. The first-order chi connectivity index (χ1) is 18.2. The third-order valence-electron chi connectivity index (χ3n) is 7.36. The Morgan fingerprint density at radius 2 is 1.95 bits per heavy atom. The zero-order valence-electron chi connectivity index (χ0n) is 21.5. The Morgan fingerprint density at radius 3 is 2.61 bits per heavy atom. The highest BCUT2D eigenvalue weighted by Gasteiger charge is 2.29. The molecule has 38 heavy (non-hydrogen) atoms. The van der Waals surface area contributed by atoms with Crippen molar-refractivity contribution in [3.05, 3.63) is 47.0 Å². The van der Waals surface area contributed by atoms with Crippen LogP contribution in [-0.2, 0) is 13.6 Å². The molecule has 2 aliphatic rings. The van der Waals surface area contributed by atoms with Crippen LogP contribution in [0.2, 0.25) is 0 Å². The summed E-state index contributed by atoms with van der Waals surface area (Å²) in [5, 5.41) is 0. The summed E-state index contributed by atoms with van der Waals surface area (Å²) in [6, 6.07) is 5.74. The number of fused-ring (bicyclic) bond motifs is 1. The number of anilines is 1. The standard InChI is InChI=1S/C28H30F3N5O2/c1-4-19-7-8-24(38-28(30)31)33-26(19)36(15-18-5-6-18)16-23-32-22-14-20(13-21(29)25(22)34(23)3)27(37)35-11-9-17(2)10-12-35/h1,7-8,13-14,17-18,28H,5-6,9-12,15-16H2,2-3H3. The first-order valence-electron chi connectivity index (χ1n) is 12.8. The van der Waals surface area contributed by atoms with Gasteiger partial charge in [-0.3, -0.25) is 4.79 Å². The van der Waals surface area contributed by atoms with E-state index < -0.39 is 12.4 Å². The molecule has 1 saturated carbocycles. The van der Waals surface area contributed by atoms with Gasteiger partial charge in [0.05, 0.1) is 17.6 Å². The number of carbonyl (C=O) groups excluding carboxylic acids is 1. The second kappa shape index (κ2) is 10.6. The topological polar surface area (TPSA) is 63.5 Å². The number of ether oxygens (including phenoxy) is 1. The van der Waals surface area contributed by atoms with E-state index >= 15 is 4.39 Å². The van der Waals surface area contributed by atoms with E-state index in [2.05, 4.69) is 27.5 Å². The number of rotatable bonds is 8. The highest BCUT2D eigenvalue weighted by atomic mass is 19.3. The minimum absolute atomic E-state index is 0.195. The molecule has 2 aromatic heterocycles. The Bertz CT molecular complexity index is 1390. The molecule has 1 aliphatic carbocycles. The lowest BCUT2D eigenvalue weighted by Gasteiger charge is -2.30. The maximum absolute atomic E-state index is 15.3. The third kappa shape index (κ3) is 5.42. The van der Waals surface area contributed by atoms with Crippen LogP contribution in [0.5, 0.6) is 5.88 Å². The van der Waals surface area contributed by atoms with Crippen LogP contribution in [0.3, 0.4) is 0 Å². The Morgan fingerprint density at radius 1 is 1.21 bits per heavy atom. The number of likely N-dealkylation sites (tertiary alicyclic amines) is 1. The molecule has 3 aromatic rings. The number of alkyl halides is 2. The van der Waals surface area contributed by atoms with Gasteiger partial charge in [-0.2, -0.15) is 13.8 Å². The van der Waals surface area contributed by atoms with Gasteiger partial charge in [-0.05, 0) is 55.7 Å². The van der Waals surface area contributed by atoms with Crippen LogP contribution in [0.15, 0.2) is 24.3 Å². The van der Waals surface area contributed by atoms with Crippen molar-refractivity contribution in [1.82, 2.24) is 19.4 Å². The number of hydrogen-bond donors (Lipinski definition) is 0. The van der Waals surface area contributed by atoms with Crippen LogP contribution < -0.4 is 9.64 Å². The fourth-order valence-corrected chi connectivity index (χ4v) is 4.95. The predicted octanol–water partition coefficient (Wildman–Crippen LogP) is 4.98. The average Bonchev–Trinajstić information content (AvgIpc) is 3.65. The van der Waals surface area contributed by atoms with Gasteiger partial charge in [0.25, 0.3) is 5.91 Å². The quantitative estimate of drug-likeness (QED) is 0.389. The van der Waals surface area contributed by atoms with Crippen molar-refractivity contribution < 1.29 is 22.7 Å². The number of terminal acetylenes is 1. The molecule has 1 amide bonds. The molecule has 10 heteroatoms. The molecular formula is C28H30F3N5O2. The summed E-state index contributed by atoms with van der Waals surface area (Å²) in [7, 11) is 1.71. The fraction of sp³-hybridized carbons (Fsp3) is 0.464. The Balaban J connectivity index is 1.47. The van der Waals surface area contributed by atoms with Crippen molar-refractivity contribution >= 4 is 22.8 Å². The van der Waals surface area contributed by atoms with Gasteiger partial charge in [0.1, 0.15) is 23.0 Å². The summed E-state index contributed by atoms with van der Waals surface area (Å²) in [4.78, 5) is 25.7. The summed E-state index contributed by atoms with van der Waals surface area (Å²) in [5.41, 5.74) is 1.37. The van der Waals surface area contributed by atoms with Crippen LogP contribution in [-0.4, -0.2) is 51.6 Å². The highest BCUT2D eigenvalue weighted by Crippen LogP contribution is 2.34. The van der Waals surface area contributed by atoms with Crippen molar-refractivity contribution in [2.75, 3.05) is 24.5 Å². The Kier molecular flexibility index (Phi) is 7.19. The van der Waals surface area contributed by atoms with Crippen molar-refractivity contribution in [2.45, 2.75) is 45.8 Å². The van der Waals surface area contributed by atoms with Crippen molar-refractivity contribution in [2.24, 2.45) is 18.9 Å². The first kappa shape index (κ1) is 25.9. The Labute approximate surface area is 219 Å². The normalized spacial score (nSPS) is 16.2. The number of benzene rings is 1. The zero-order valence-corrected chi connectivity index (χ0v) is 21.5. The number of piperidine rings is 1. The van der Waals surface area contributed by atoms with Crippen LogP contribution in [0.25, 0.3) is 11.0 Å². The zero-order chi connectivity index (χ0) is 27.0. The maximum atomic E-state index is 15.3. The molecule has 200 valence electrons. The largest absolute Gasteiger partial charge is 0.417 e. The number of pyridine rings is 1. The van der Waals surface area contributed by atoms with Gasteiger partial charge in [-0.25, -0.2) is 9.37 Å². The molecule has 1 aliphatic heterocycles. The summed E-state index contributed by atoms with van der Waals surface area (Å²) < 4.78 is 47.2. The highest BCUT2D eigenvalue weighted by molar-refractivity contribution is 5.97. The summed E-state index contributed by atoms with van der Waals surface area (Å²) in [6.07, 6.45) is 9.62.